The lowest BCUT2D eigenvalue weighted by molar-refractivity contribution is 0.207. The van der Waals surface area contributed by atoms with Crippen LogP contribution < -0.4 is 4.74 Å². The van der Waals surface area contributed by atoms with Crippen molar-refractivity contribution in [3.63, 3.8) is 0 Å². The Morgan fingerprint density at radius 1 is 1.20 bits per heavy atom. The SMILES string of the molecule is C#CCN1CCN(S(=O)(=O)c2ccc(OC)cc2)CC1. The first-order chi connectivity index (χ1) is 9.57. The summed E-state index contributed by atoms with van der Waals surface area (Å²) in [6, 6.07) is 6.45. The molecule has 0 atom stereocenters. The van der Waals surface area contributed by atoms with Crippen molar-refractivity contribution in [2.45, 2.75) is 4.90 Å². The molecule has 0 unspecified atom stereocenters. The molecule has 1 heterocycles. The standard InChI is InChI=1S/C14H18N2O3S/c1-3-8-15-9-11-16(12-10-15)20(17,18)14-6-4-13(19-2)5-7-14/h1,4-7H,8-12H2,2H3. The minimum atomic E-state index is -3.43. The Labute approximate surface area is 120 Å². The predicted molar refractivity (Wildman–Crippen MR) is 77.0 cm³/mol. The third-order valence-corrected chi connectivity index (χ3v) is 5.26. The molecule has 0 bridgehead atoms. The summed E-state index contributed by atoms with van der Waals surface area (Å²) in [6.45, 7) is 2.83. The first-order valence-corrected chi connectivity index (χ1v) is 7.82. The van der Waals surface area contributed by atoms with Gasteiger partial charge in [0.05, 0.1) is 18.6 Å². The fraction of sp³-hybridized carbons (Fsp3) is 0.429. The van der Waals surface area contributed by atoms with Gasteiger partial charge < -0.3 is 4.74 Å². The van der Waals surface area contributed by atoms with E-state index >= 15 is 0 Å². The molecule has 0 N–H and O–H groups in total. The number of hydrogen-bond donors (Lipinski definition) is 0. The van der Waals surface area contributed by atoms with Crippen LogP contribution in [-0.2, 0) is 10.0 Å². The highest BCUT2D eigenvalue weighted by Crippen LogP contribution is 2.20. The van der Waals surface area contributed by atoms with Gasteiger partial charge in [-0.1, -0.05) is 5.92 Å². The van der Waals surface area contributed by atoms with Crippen LogP contribution in [0.1, 0.15) is 0 Å². The fourth-order valence-corrected chi connectivity index (χ4v) is 3.58. The topological polar surface area (TPSA) is 49.9 Å². The number of benzene rings is 1. The molecule has 1 aromatic rings. The van der Waals surface area contributed by atoms with Crippen LogP contribution in [0.15, 0.2) is 29.2 Å². The van der Waals surface area contributed by atoms with Crippen molar-refractivity contribution in [1.82, 2.24) is 9.21 Å². The van der Waals surface area contributed by atoms with E-state index in [2.05, 4.69) is 10.8 Å². The van der Waals surface area contributed by atoms with Crippen LogP contribution in [0.3, 0.4) is 0 Å². The van der Waals surface area contributed by atoms with E-state index in [1.54, 1.807) is 31.4 Å². The maximum Gasteiger partial charge on any atom is 0.243 e. The molecular weight excluding hydrogens is 276 g/mol. The molecule has 1 saturated heterocycles. The van der Waals surface area contributed by atoms with E-state index in [0.717, 1.165) is 0 Å². The van der Waals surface area contributed by atoms with Crippen LogP contribution in [0.5, 0.6) is 5.75 Å². The molecule has 108 valence electrons. The summed E-state index contributed by atoms with van der Waals surface area (Å²) in [7, 11) is -1.88. The zero-order valence-electron chi connectivity index (χ0n) is 11.4. The van der Waals surface area contributed by atoms with E-state index in [9.17, 15) is 8.42 Å². The van der Waals surface area contributed by atoms with E-state index in [4.69, 9.17) is 11.2 Å². The van der Waals surface area contributed by atoms with Gasteiger partial charge in [-0.3, -0.25) is 4.90 Å². The van der Waals surface area contributed by atoms with Crippen molar-refractivity contribution in [2.24, 2.45) is 0 Å². The van der Waals surface area contributed by atoms with E-state index in [0.29, 0.717) is 43.4 Å². The normalized spacial score (nSPS) is 17.6. The van der Waals surface area contributed by atoms with Gasteiger partial charge in [-0.15, -0.1) is 6.42 Å². The summed E-state index contributed by atoms with van der Waals surface area (Å²) in [4.78, 5) is 2.36. The van der Waals surface area contributed by atoms with Gasteiger partial charge >= 0.3 is 0 Å². The number of hydrogen-bond acceptors (Lipinski definition) is 4. The van der Waals surface area contributed by atoms with Gasteiger partial charge in [0.2, 0.25) is 10.0 Å². The smallest absolute Gasteiger partial charge is 0.243 e. The Kier molecular flexibility index (Phi) is 4.65. The van der Waals surface area contributed by atoms with Crippen LogP contribution in [0.25, 0.3) is 0 Å². The Morgan fingerprint density at radius 3 is 2.30 bits per heavy atom. The molecular formula is C14H18N2O3S. The van der Waals surface area contributed by atoms with Gasteiger partial charge in [-0.05, 0) is 24.3 Å². The first-order valence-electron chi connectivity index (χ1n) is 6.38. The molecule has 1 aliphatic heterocycles. The molecule has 5 nitrogen and oxygen atoms in total. The van der Waals surface area contributed by atoms with Gasteiger partial charge in [0.15, 0.2) is 0 Å². The summed E-state index contributed by atoms with van der Waals surface area (Å²) in [6.07, 6.45) is 5.26. The summed E-state index contributed by atoms with van der Waals surface area (Å²) in [5.74, 6) is 3.22. The Hall–Kier alpha value is -1.55. The van der Waals surface area contributed by atoms with Gasteiger partial charge in [0, 0.05) is 26.2 Å². The van der Waals surface area contributed by atoms with Gasteiger partial charge in [-0.25, -0.2) is 8.42 Å². The number of rotatable bonds is 4. The van der Waals surface area contributed by atoms with Crippen LogP contribution in [0.4, 0.5) is 0 Å². The Bertz CT molecular complexity index is 582. The van der Waals surface area contributed by atoms with Gasteiger partial charge in [-0.2, -0.15) is 4.31 Å². The minimum Gasteiger partial charge on any atom is -0.497 e. The van der Waals surface area contributed by atoms with E-state index in [1.807, 2.05) is 0 Å². The third-order valence-electron chi connectivity index (χ3n) is 3.34. The molecule has 2 rings (SSSR count). The van der Waals surface area contributed by atoms with Crippen molar-refractivity contribution in [3.8, 4) is 18.1 Å². The monoisotopic (exact) mass is 294 g/mol. The highest BCUT2D eigenvalue weighted by atomic mass is 32.2. The maximum atomic E-state index is 12.5. The van der Waals surface area contributed by atoms with E-state index in [-0.39, 0.29) is 0 Å². The number of piperazine rings is 1. The van der Waals surface area contributed by atoms with E-state index in [1.165, 1.54) is 4.31 Å². The van der Waals surface area contributed by atoms with Gasteiger partial charge in [0.1, 0.15) is 5.75 Å². The largest absolute Gasteiger partial charge is 0.497 e. The molecule has 0 spiro atoms. The molecule has 0 radical (unpaired) electrons. The Balaban J connectivity index is 2.09. The molecule has 1 fully saturated rings. The summed E-state index contributed by atoms with van der Waals surface area (Å²) in [5.41, 5.74) is 0. The number of nitrogens with zero attached hydrogens (tertiary/aromatic N) is 2. The predicted octanol–water partition coefficient (Wildman–Crippen LogP) is 0.635. The zero-order valence-corrected chi connectivity index (χ0v) is 12.3. The van der Waals surface area contributed by atoms with Crippen LogP contribution in [-0.4, -0.2) is 57.5 Å². The Morgan fingerprint density at radius 2 is 1.80 bits per heavy atom. The van der Waals surface area contributed by atoms with Crippen molar-refractivity contribution in [2.75, 3.05) is 39.8 Å². The second-order valence-corrected chi connectivity index (χ2v) is 6.50. The average molecular weight is 294 g/mol. The third kappa shape index (κ3) is 3.12. The summed E-state index contributed by atoms with van der Waals surface area (Å²) in [5, 5.41) is 0. The minimum absolute atomic E-state index is 0.295. The number of terminal acetylenes is 1. The molecule has 0 aromatic heterocycles. The second kappa shape index (κ2) is 6.27. The molecule has 1 aliphatic rings. The van der Waals surface area contributed by atoms with Crippen LogP contribution in [0.2, 0.25) is 0 Å². The van der Waals surface area contributed by atoms with Crippen molar-refractivity contribution < 1.29 is 13.2 Å². The molecule has 0 aliphatic carbocycles. The molecule has 0 amide bonds. The molecule has 6 heteroatoms. The lowest BCUT2D eigenvalue weighted by Crippen LogP contribution is -2.48. The second-order valence-electron chi connectivity index (χ2n) is 4.56. The van der Waals surface area contributed by atoms with Crippen molar-refractivity contribution in [1.29, 1.82) is 0 Å². The number of methoxy groups -OCH3 is 1. The molecule has 20 heavy (non-hydrogen) atoms. The highest BCUT2D eigenvalue weighted by Gasteiger charge is 2.28. The van der Waals surface area contributed by atoms with Gasteiger partial charge in [0.25, 0.3) is 0 Å². The zero-order chi connectivity index (χ0) is 14.6. The maximum absolute atomic E-state index is 12.5. The first kappa shape index (κ1) is 14.9. The highest BCUT2D eigenvalue weighted by molar-refractivity contribution is 7.89. The summed E-state index contributed by atoms with van der Waals surface area (Å²) >= 11 is 0. The molecule has 1 aromatic carbocycles. The number of ether oxygens (including phenoxy) is 1. The quantitative estimate of drug-likeness (QED) is 0.765. The van der Waals surface area contributed by atoms with Crippen molar-refractivity contribution >= 4 is 10.0 Å². The van der Waals surface area contributed by atoms with Crippen LogP contribution >= 0.6 is 0 Å². The lowest BCUT2D eigenvalue weighted by Gasteiger charge is -2.32. The number of sulfonamides is 1. The fourth-order valence-electron chi connectivity index (χ4n) is 2.15. The lowest BCUT2D eigenvalue weighted by atomic mass is 10.3. The average Bonchev–Trinajstić information content (AvgIpc) is 2.48. The molecule has 0 saturated carbocycles. The summed E-state index contributed by atoms with van der Waals surface area (Å²) < 4.78 is 31.5. The van der Waals surface area contributed by atoms with Crippen molar-refractivity contribution in [3.05, 3.63) is 24.3 Å². The van der Waals surface area contributed by atoms with E-state index < -0.39 is 10.0 Å². The van der Waals surface area contributed by atoms with Crippen LogP contribution in [0, 0.1) is 12.3 Å².